The van der Waals surface area contributed by atoms with E-state index in [1.807, 2.05) is 0 Å². The number of carbonyl (C=O) groups is 3. The maximum Gasteiger partial charge on any atom is 0.410 e. The predicted molar refractivity (Wildman–Crippen MR) is 92.0 cm³/mol. The number of hydrogen-bond acceptors (Lipinski definition) is 5. The first-order chi connectivity index (χ1) is 12.2. The van der Waals surface area contributed by atoms with Gasteiger partial charge in [-0.3, -0.25) is 14.5 Å². The van der Waals surface area contributed by atoms with Crippen LogP contribution in [0.5, 0.6) is 0 Å². The molecule has 0 aliphatic carbocycles. The maximum atomic E-state index is 13.8. The van der Waals surface area contributed by atoms with Crippen LogP contribution in [0, 0.1) is 5.92 Å². The van der Waals surface area contributed by atoms with E-state index < -0.39 is 36.4 Å². The lowest BCUT2D eigenvalue weighted by Gasteiger charge is -2.38. The zero-order chi connectivity index (χ0) is 19.4. The molecule has 0 spiro atoms. The van der Waals surface area contributed by atoms with E-state index in [-0.39, 0.29) is 37.7 Å². The van der Waals surface area contributed by atoms with Gasteiger partial charge in [-0.1, -0.05) is 18.7 Å². The first-order valence-corrected chi connectivity index (χ1v) is 8.63. The Hall–Kier alpha value is -2.22. The fourth-order valence-corrected chi connectivity index (χ4v) is 3.32. The molecule has 2 amide bonds. The monoisotopic (exact) mass is 368 g/mol. The van der Waals surface area contributed by atoms with Gasteiger partial charge in [-0.25, -0.2) is 9.18 Å². The van der Waals surface area contributed by atoms with Gasteiger partial charge >= 0.3 is 6.09 Å². The number of nitrogens with zero attached hydrogens (tertiary/aromatic N) is 1. The lowest BCUT2D eigenvalue weighted by molar-refractivity contribution is -0.141. The SMILES string of the molecule is C=CCOC(=O)N1CC(F)C[C@H]1/C=C(\C)C(=O)C[C@H]1NC(=O)[C@@H]1[C@@H](C)O. The van der Waals surface area contributed by atoms with Crippen LogP contribution >= 0.6 is 0 Å². The van der Waals surface area contributed by atoms with Crippen molar-refractivity contribution < 1.29 is 28.6 Å². The van der Waals surface area contributed by atoms with Gasteiger partial charge < -0.3 is 15.2 Å². The number of aliphatic hydroxyl groups excluding tert-OH is 1. The van der Waals surface area contributed by atoms with Crippen LogP contribution in [0.1, 0.15) is 26.7 Å². The highest BCUT2D eigenvalue weighted by Crippen LogP contribution is 2.26. The van der Waals surface area contributed by atoms with Crippen molar-refractivity contribution in [1.29, 1.82) is 0 Å². The molecule has 0 aromatic rings. The fourth-order valence-electron chi connectivity index (χ4n) is 3.32. The van der Waals surface area contributed by atoms with Gasteiger partial charge in [-0.15, -0.1) is 0 Å². The molecule has 0 bridgehead atoms. The van der Waals surface area contributed by atoms with Crippen molar-refractivity contribution in [2.45, 2.75) is 51.0 Å². The van der Waals surface area contributed by atoms with Crippen molar-refractivity contribution in [2.24, 2.45) is 5.92 Å². The number of amides is 2. The average Bonchev–Trinajstić information content (AvgIpc) is 2.91. The Kier molecular flexibility index (Phi) is 6.52. The quantitative estimate of drug-likeness (QED) is 0.399. The Labute approximate surface area is 151 Å². The number of likely N-dealkylation sites (tertiary alicyclic amines) is 1. The Morgan fingerprint density at radius 1 is 1.54 bits per heavy atom. The Morgan fingerprint density at radius 3 is 2.81 bits per heavy atom. The first-order valence-electron chi connectivity index (χ1n) is 8.63. The number of β-lactam (4-membered cyclic amide) rings is 1. The second kappa shape index (κ2) is 8.44. The lowest BCUT2D eigenvalue weighted by atomic mass is 9.82. The third-order valence-electron chi connectivity index (χ3n) is 4.72. The van der Waals surface area contributed by atoms with Crippen LogP contribution < -0.4 is 5.32 Å². The van der Waals surface area contributed by atoms with Crippen molar-refractivity contribution in [2.75, 3.05) is 13.2 Å². The molecule has 0 aromatic carbocycles. The molecule has 2 heterocycles. The number of allylic oxidation sites excluding steroid dienone is 1. The number of hydrogen-bond donors (Lipinski definition) is 2. The van der Waals surface area contributed by atoms with Crippen LogP contribution in [0.25, 0.3) is 0 Å². The van der Waals surface area contributed by atoms with Crippen LogP contribution in [0.3, 0.4) is 0 Å². The topological polar surface area (TPSA) is 95.9 Å². The second-order valence-electron chi connectivity index (χ2n) is 6.78. The minimum absolute atomic E-state index is 0.0305. The first kappa shape index (κ1) is 20.1. The second-order valence-corrected chi connectivity index (χ2v) is 6.78. The molecular weight excluding hydrogens is 343 g/mol. The third kappa shape index (κ3) is 4.49. The van der Waals surface area contributed by atoms with Crippen LogP contribution in [-0.4, -0.2) is 65.3 Å². The number of Topliss-reactive ketones (excluding diaryl/α,β-unsaturated/α-hetero) is 1. The van der Waals surface area contributed by atoms with Gasteiger partial charge in [-0.05, 0) is 19.4 Å². The van der Waals surface area contributed by atoms with Gasteiger partial charge in [0.05, 0.1) is 30.7 Å². The fraction of sp³-hybridized carbons (Fsp3) is 0.611. The van der Waals surface area contributed by atoms with E-state index in [2.05, 4.69) is 11.9 Å². The lowest BCUT2D eigenvalue weighted by Crippen LogP contribution is -2.62. The molecule has 2 aliphatic rings. The van der Waals surface area contributed by atoms with Crippen molar-refractivity contribution in [3.8, 4) is 0 Å². The molecule has 1 unspecified atom stereocenters. The van der Waals surface area contributed by atoms with Gasteiger partial charge in [0, 0.05) is 12.8 Å². The summed E-state index contributed by atoms with van der Waals surface area (Å²) in [6.07, 6.45) is 0.484. The highest BCUT2D eigenvalue weighted by atomic mass is 19.1. The highest BCUT2D eigenvalue weighted by Gasteiger charge is 2.43. The molecule has 0 aromatic heterocycles. The summed E-state index contributed by atoms with van der Waals surface area (Å²) in [4.78, 5) is 37.1. The molecule has 7 nitrogen and oxygen atoms in total. The smallest absolute Gasteiger partial charge is 0.410 e. The summed E-state index contributed by atoms with van der Waals surface area (Å²) in [5.41, 5.74) is 0.385. The molecule has 2 N–H and O–H groups in total. The van der Waals surface area contributed by atoms with E-state index in [4.69, 9.17) is 4.74 Å². The maximum absolute atomic E-state index is 13.8. The molecule has 0 saturated carbocycles. The van der Waals surface area contributed by atoms with Crippen molar-refractivity contribution in [3.63, 3.8) is 0 Å². The Balaban J connectivity index is 2.00. The third-order valence-corrected chi connectivity index (χ3v) is 4.72. The van der Waals surface area contributed by atoms with Gasteiger partial charge in [-0.2, -0.15) is 0 Å². The summed E-state index contributed by atoms with van der Waals surface area (Å²) in [5.74, 6) is -1.09. The number of ether oxygens (including phenoxy) is 1. The van der Waals surface area contributed by atoms with Crippen LogP contribution in [-0.2, 0) is 14.3 Å². The van der Waals surface area contributed by atoms with Gasteiger partial charge in [0.15, 0.2) is 5.78 Å². The Morgan fingerprint density at radius 2 is 2.23 bits per heavy atom. The van der Waals surface area contributed by atoms with Gasteiger partial charge in [0.1, 0.15) is 12.8 Å². The van der Waals surface area contributed by atoms with E-state index in [9.17, 15) is 23.9 Å². The number of aliphatic hydroxyl groups is 1. The number of ketones is 1. The number of alkyl halides is 1. The van der Waals surface area contributed by atoms with E-state index in [1.54, 1.807) is 13.0 Å². The molecule has 2 saturated heterocycles. The molecular formula is C18H25FN2O5. The van der Waals surface area contributed by atoms with Gasteiger partial charge in [0.2, 0.25) is 5.91 Å². The van der Waals surface area contributed by atoms with E-state index in [0.29, 0.717) is 5.57 Å². The van der Waals surface area contributed by atoms with Crippen molar-refractivity contribution in [3.05, 3.63) is 24.3 Å². The van der Waals surface area contributed by atoms with E-state index >= 15 is 0 Å². The molecule has 144 valence electrons. The Bertz CT molecular complexity index is 619. The summed E-state index contributed by atoms with van der Waals surface area (Å²) in [7, 11) is 0. The van der Waals surface area contributed by atoms with Crippen LogP contribution in [0.2, 0.25) is 0 Å². The van der Waals surface area contributed by atoms with Crippen molar-refractivity contribution in [1.82, 2.24) is 10.2 Å². The minimum Gasteiger partial charge on any atom is -0.445 e. The standard InChI is InChI=1S/C18H25FN2O5/c1-4-5-26-18(25)21-9-12(19)7-13(21)6-10(2)15(23)8-14-16(11(3)22)17(24)20-14/h4,6,11-14,16,22H,1,5,7-9H2,2-3H3,(H,20,24)/b10-6+/t11-,12?,13-,14-,16-/m1/s1. The van der Waals surface area contributed by atoms with Crippen LogP contribution in [0.15, 0.2) is 24.3 Å². The molecule has 5 atom stereocenters. The highest BCUT2D eigenvalue weighted by molar-refractivity contribution is 5.97. The largest absolute Gasteiger partial charge is 0.445 e. The number of nitrogens with one attached hydrogen (secondary N) is 1. The predicted octanol–water partition coefficient (Wildman–Crippen LogP) is 1.12. The molecule has 2 aliphatic heterocycles. The average molecular weight is 368 g/mol. The zero-order valence-electron chi connectivity index (χ0n) is 15.0. The van der Waals surface area contributed by atoms with Gasteiger partial charge in [0.25, 0.3) is 0 Å². The summed E-state index contributed by atoms with van der Waals surface area (Å²) in [5, 5.41) is 12.2. The van der Waals surface area contributed by atoms with E-state index in [1.165, 1.54) is 17.9 Å². The molecule has 8 heteroatoms. The molecule has 2 fully saturated rings. The zero-order valence-corrected chi connectivity index (χ0v) is 15.0. The molecule has 2 rings (SSSR count). The number of carbonyl (C=O) groups excluding carboxylic acids is 3. The summed E-state index contributed by atoms with van der Waals surface area (Å²) < 4.78 is 18.7. The number of rotatable bonds is 7. The minimum atomic E-state index is -1.18. The summed E-state index contributed by atoms with van der Waals surface area (Å²) >= 11 is 0. The van der Waals surface area contributed by atoms with Crippen molar-refractivity contribution >= 4 is 17.8 Å². The summed E-state index contributed by atoms with van der Waals surface area (Å²) in [6.45, 7) is 6.51. The van der Waals surface area contributed by atoms with Crippen LogP contribution in [0.4, 0.5) is 9.18 Å². The summed E-state index contributed by atoms with van der Waals surface area (Å²) in [6, 6.07) is -0.973. The normalized spacial score (nSPS) is 29.6. The molecule has 0 radical (unpaired) electrons. The molecule has 26 heavy (non-hydrogen) atoms. The van der Waals surface area contributed by atoms with E-state index in [0.717, 1.165) is 0 Å². The number of halogens is 1.